The first-order valence-electron chi connectivity index (χ1n) is 10.4. The highest BCUT2D eigenvalue weighted by Gasteiger charge is 2.22. The summed E-state index contributed by atoms with van der Waals surface area (Å²) in [6.07, 6.45) is 0. The number of benzene rings is 1. The largest absolute Gasteiger partial charge is 0.496 e. The van der Waals surface area contributed by atoms with Crippen molar-refractivity contribution in [3.8, 4) is 5.75 Å². The average Bonchev–Trinajstić information content (AvgIpc) is 2.69. The van der Waals surface area contributed by atoms with Crippen LogP contribution in [0.2, 0.25) is 0 Å². The molecule has 0 radical (unpaired) electrons. The summed E-state index contributed by atoms with van der Waals surface area (Å²) in [4.78, 5) is 41.6. The second kappa shape index (κ2) is 10.7. The highest BCUT2D eigenvalue weighted by atomic mass is 16.5. The topological polar surface area (TPSA) is 122 Å². The fourth-order valence-corrected chi connectivity index (χ4v) is 3.38. The van der Waals surface area contributed by atoms with Gasteiger partial charge in [0.25, 0.3) is 5.56 Å². The number of rotatable bonds is 10. The van der Waals surface area contributed by atoms with Gasteiger partial charge in [-0.15, -0.1) is 0 Å². The Labute approximate surface area is 182 Å². The minimum absolute atomic E-state index is 0.0690. The Hall–Kier alpha value is -3.23. The molecule has 31 heavy (non-hydrogen) atoms. The highest BCUT2D eigenvalue weighted by Crippen LogP contribution is 2.19. The number of hydrogen-bond donors (Lipinski definition) is 3. The number of aromatic nitrogens is 2. The molecule has 1 heterocycles. The van der Waals surface area contributed by atoms with Crippen LogP contribution >= 0.6 is 0 Å². The minimum atomic E-state index is -0.597. The number of aromatic amines is 1. The first-order chi connectivity index (χ1) is 14.6. The molecule has 2 aromatic rings. The predicted molar refractivity (Wildman–Crippen MR) is 122 cm³/mol. The van der Waals surface area contributed by atoms with E-state index in [4.69, 9.17) is 10.5 Å². The molecule has 0 atom stereocenters. The summed E-state index contributed by atoms with van der Waals surface area (Å²) in [5.74, 6) is 0.795. The van der Waals surface area contributed by atoms with Crippen molar-refractivity contribution >= 4 is 17.4 Å². The van der Waals surface area contributed by atoms with Gasteiger partial charge in [-0.2, -0.15) is 0 Å². The van der Waals surface area contributed by atoms with Crippen molar-refractivity contribution in [3.05, 3.63) is 50.7 Å². The van der Waals surface area contributed by atoms with Crippen molar-refractivity contribution in [1.82, 2.24) is 14.9 Å². The molecular weight excluding hydrogens is 398 g/mol. The van der Waals surface area contributed by atoms with Crippen molar-refractivity contribution in [2.45, 2.75) is 40.8 Å². The van der Waals surface area contributed by atoms with Crippen LogP contribution in [0.3, 0.4) is 0 Å². The summed E-state index contributed by atoms with van der Waals surface area (Å²) in [6, 6.07) is 7.42. The number of hydrogen-bond acceptors (Lipinski definition) is 6. The SMILES string of the molecule is COc1ccccc1CNC(=O)CN(CC(C)C)c1c(N)n(CC(C)C)c(=O)[nH]c1=O. The van der Waals surface area contributed by atoms with Crippen LogP contribution in [0.5, 0.6) is 5.75 Å². The zero-order chi connectivity index (χ0) is 23.1. The number of H-pyrrole nitrogens is 1. The third-order valence-corrected chi connectivity index (χ3v) is 4.67. The van der Waals surface area contributed by atoms with Gasteiger partial charge in [-0.1, -0.05) is 45.9 Å². The Morgan fingerprint density at radius 1 is 1.19 bits per heavy atom. The van der Waals surface area contributed by atoms with E-state index in [9.17, 15) is 14.4 Å². The van der Waals surface area contributed by atoms with E-state index in [1.807, 2.05) is 52.0 Å². The number of para-hydroxylation sites is 1. The molecule has 9 heteroatoms. The zero-order valence-corrected chi connectivity index (χ0v) is 18.9. The molecule has 0 spiro atoms. The third-order valence-electron chi connectivity index (χ3n) is 4.67. The third kappa shape index (κ3) is 6.37. The van der Waals surface area contributed by atoms with Gasteiger partial charge in [0.2, 0.25) is 5.91 Å². The van der Waals surface area contributed by atoms with Crippen LogP contribution in [0.15, 0.2) is 33.9 Å². The number of nitrogens with two attached hydrogens (primary N) is 1. The molecule has 170 valence electrons. The normalized spacial score (nSPS) is 11.1. The summed E-state index contributed by atoms with van der Waals surface area (Å²) in [5.41, 5.74) is 6.08. The first kappa shape index (κ1) is 24.0. The fourth-order valence-electron chi connectivity index (χ4n) is 3.38. The average molecular weight is 432 g/mol. The molecule has 0 bridgehead atoms. The highest BCUT2D eigenvalue weighted by molar-refractivity contribution is 5.82. The van der Waals surface area contributed by atoms with Gasteiger partial charge in [0.05, 0.1) is 13.7 Å². The second-order valence-corrected chi connectivity index (χ2v) is 8.36. The predicted octanol–water partition coefficient (Wildman–Crippen LogP) is 1.56. The van der Waals surface area contributed by atoms with Crippen LogP contribution in [0.25, 0.3) is 0 Å². The van der Waals surface area contributed by atoms with Gasteiger partial charge in [-0.25, -0.2) is 4.79 Å². The van der Waals surface area contributed by atoms with Crippen molar-refractivity contribution < 1.29 is 9.53 Å². The Kier molecular flexibility index (Phi) is 8.30. The number of amides is 1. The van der Waals surface area contributed by atoms with Crippen LogP contribution < -0.4 is 31.9 Å². The number of methoxy groups -OCH3 is 1. The van der Waals surface area contributed by atoms with E-state index >= 15 is 0 Å². The molecule has 0 saturated heterocycles. The molecule has 4 N–H and O–H groups in total. The molecule has 0 saturated carbocycles. The van der Waals surface area contributed by atoms with E-state index in [1.54, 1.807) is 12.0 Å². The number of carbonyl (C=O) groups excluding carboxylic acids is 1. The van der Waals surface area contributed by atoms with Crippen LogP contribution in [0, 0.1) is 11.8 Å². The minimum Gasteiger partial charge on any atom is -0.496 e. The molecule has 0 aliphatic carbocycles. The van der Waals surface area contributed by atoms with Gasteiger partial charge >= 0.3 is 5.69 Å². The Bertz CT molecular complexity index is 1010. The monoisotopic (exact) mass is 431 g/mol. The van der Waals surface area contributed by atoms with Crippen molar-refractivity contribution in [3.63, 3.8) is 0 Å². The van der Waals surface area contributed by atoms with Crippen LogP contribution in [0.4, 0.5) is 11.5 Å². The van der Waals surface area contributed by atoms with Gasteiger partial charge in [-0.05, 0) is 17.9 Å². The van der Waals surface area contributed by atoms with Crippen molar-refractivity contribution in [1.29, 1.82) is 0 Å². The van der Waals surface area contributed by atoms with E-state index in [0.29, 0.717) is 18.8 Å². The molecule has 1 aromatic heterocycles. The number of carbonyl (C=O) groups is 1. The smallest absolute Gasteiger partial charge is 0.330 e. The lowest BCUT2D eigenvalue weighted by Gasteiger charge is -2.27. The lowest BCUT2D eigenvalue weighted by atomic mass is 10.2. The van der Waals surface area contributed by atoms with Gasteiger partial charge in [0.15, 0.2) is 0 Å². The maximum Gasteiger partial charge on any atom is 0.330 e. The molecule has 0 fully saturated rings. The van der Waals surface area contributed by atoms with E-state index < -0.39 is 11.2 Å². The summed E-state index contributed by atoms with van der Waals surface area (Å²) >= 11 is 0. The number of nitrogen functional groups attached to an aromatic ring is 1. The molecular formula is C22H33N5O4. The van der Waals surface area contributed by atoms with Crippen molar-refractivity contribution in [2.75, 3.05) is 30.8 Å². The van der Waals surface area contributed by atoms with E-state index in [-0.39, 0.29) is 42.3 Å². The van der Waals surface area contributed by atoms with E-state index in [1.165, 1.54) is 4.57 Å². The molecule has 0 unspecified atom stereocenters. The lowest BCUT2D eigenvalue weighted by Crippen LogP contribution is -2.44. The number of ether oxygens (including phenoxy) is 1. The Morgan fingerprint density at radius 3 is 2.48 bits per heavy atom. The molecule has 0 aliphatic heterocycles. The van der Waals surface area contributed by atoms with Crippen LogP contribution in [0.1, 0.15) is 33.3 Å². The number of anilines is 2. The van der Waals surface area contributed by atoms with Gasteiger partial charge < -0.3 is 20.7 Å². The van der Waals surface area contributed by atoms with Crippen LogP contribution in [-0.4, -0.2) is 35.7 Å². The molecule has 1 aromatic carbocycles. The molecule has 2 rings (SSSR count). The Morgan fingerprint density at radius 2 is 1.87 bits per heavy atom. The lowest BCUT2D eigenvalue weighted by molar-refractivity contribution is -0.119. The van der Waals surface area contributed by atoms with Crippen molar-refractivity contribution in [2.24, 2.45) is 11.8 Å². The second-order valence-electron chi connectivity index (χ2n) is 8.36. The molecule has 0 aliphatic rings. The maximum absolute atomic E-state index is 12.7. The summed E-state index contributed by atoms with van der Waals surface area (Å²) in [6.45, 7) is 8.88. The zero-order valence-electron chi connectivity index (χ0n) is 18.9. The fraction of sp³-hybridized carbons (Fsp3) is 0.500. The summed E-state index contributed by atoms with van der Waals surface area (Å²) in [7, 11) is 1.58. The standard InChI is InChI=1S/C22H33N5O4/c1-14(2)11-26(13-18(28)24-10-16-8-6-7-9-17(16)31-5)19-20(23)27(12-15(3)4)22(30)25-21(19)29/h6-9,14-15H,10-13,23H2,1-5H3,(H,24,28)(H,25,29,30). The van der Waals surface area contributed by atoms with E-state index in [2.05, 4.69) is 10.3 Å². The van der Waals surface area contributed by atoms with Crippen LogP contribution in [-0.2, 0) is 17.9 Å². The number of nitrogens with one attached hydrogen (secondary N) is 2. The number of nitrogens with zero attached hydrogens (tertiary/aromatic N) is 2. The summed E-state index contributed by atoms with van der Waals surface area (Å²) in [5, 5.41) is 2.86. The van der Waals surface area contributed by atoms with Gasteiger partial charge in [0, 0.05) is 25.2 Å². The maximum atomic E-state index is 12.7. The van der Waals surface area contributed by atoms with Gasteiger partial charge in [-0.3, -0.25) is 19.1 Å². The quantitative estimate of drug-likeness (QED) is 0.525. The Balaban J connectivity index is 2.29. The molecule has 9 nitrogen and oxygen atoms in total. The molecule has 1 amide bonds. The van der Waals surface area contributed by atoms with Gasteiger partial charge in [0.1, 0.15) is 17.3 Å². The van der Waals surface area contributed by atoms with E-state index in [0.717, 1.165) is 5.56 Å². The summed E-state index contributed by atoms with van der Waals surface area (Å²) < 4.78 is 6.66. The first-order valence-corrected chi connectivity index (χ1v) is 10.4.